The van der Waals surface area contributed by atoms with E-state index in [1.54, 1.807) is 6.20 Å². The number of nitrogens with zero attached hydrogens (tertiary/aromatic N) is 2. The third-order valence-electron chi connectivity index (χ3n) is 3.07. The number of nitrogens with one attached hydrogen (secondary N) is 1. The van der Waals surface area contributed by atoms with Gasteiger partial charge in [-0.05, 0) is 50.1 Å². The Morgan fingerprint density at radius 1 is 1.32 bits per heavy atom. The quantitative estimate of drug-likeness (QED) is 0.776. The van der Waals surface area contributed by atoms with Gasteiger partial charge >= 0.3 is 0 Å². The lowest BCUT2D eigenvalue weighted by molar-refractivity contribution is 0.494. The Hall–Kier alpha value is -1.68. The molecule has 2 rings (SSSR count). The summed E-state index contributed by atoms with van der Waals surface area (Å²) in [5.74, 6) is -0.177. The number of halogens is 1. The van der Waals surface area contributed by atoms with Crippen LogP contribution in [-0.4, -0.2) is 22.4 Å². The standard InChI is InChI=1S/C15H20FN3/c1-13(12-14-4-6-15(16)7-5-14)17-8-2-10-19-11-3-9-18-19/h3-7,9,11,13,17H,2,8,10,12H2,1H3/t13-/m0/s1. The Kier molecular flexibility index (Phi) is 5.10. The highest BCUT2D eigenvalue weighted by Gasteiger charge is 2.03. The number of hydrogen-bond acceptors (Lipinski definition) is 2. The second-order valence-corrected chi connectivity index (χ2v) is 4.81. The first-order valence-corrected chi connectivity index (χ1v) is 6.69. The van der Waals surface area contributed by atoms with Crippen molar-refractivity contribution in [2.24, 2.45) is 0 Å². The maximum absolute atomic E-state index is 12.8. The molecule has 0 saturated heterocycles. The van der Waals surface area contributed by atoms with E-state index in [9.17, 15) is 4.39 Å². The molecule has 0 aliphatic rings. The highest BCUT2D eigenvalue weighted by molar-refractivity contribution is 5.16. The van der Waals surface area contributed by atoms with Crippen molar-refractivity contribution in [1.29, 1.82) is 0 Å². The van der Waals surface area contributed by atoms with Gasteiger partial charge in [-0.1, -0.05) is 12.1 Å². The van der Waals surface area contributed by atoms with E-state index in [1.807, 2.05) is 29.1 Å². The minimum atomic E-state index is -0.177. The molecule has 0 unspecified atom stereocenters. The van der Waals surface area contributed by atoms with Crippen molar-refractivity contribution in [3.05, 3.63) is 54.1 Å². The van der Waals surface area contributed by atoms with Crippen LogP contribution in [0.1, 0.15) is 18.9 Å². The Morgan fingerprint density at radius 2 is 2.11 bits per heavy atom. The normalized spacial score (nSPS) is 12.5. The SMILES string of the molecule is C[C@@H](Cc1ccc(F)cc1)NCCCn1cccn1. The maximum atomic E-state index is 12.8. The average Bonchev–Trinajstić information content (AvgIpc) is 2.91. The lowest BCUT2D eigenvalue weighted by atomic mass is 10.1. The monoisotopic (exact) mass is 261 g/mol. The van der Waals surface area contributed by atoms with Gasteiger partial charge in [0.15, 0.2) is 0 Å². The summed E-state index contributed by atoms with van der Waals surface area (Å²) in [4.78, 5) is 0. The van der Waals surface area contributed by atoms with Crippen molar-refractivity contribution in [1.82, 2.24) is 15.1 Å². The number of rotatable bonds is 7. The Labute approximate surface area is 113 Å². The molecule has 0 spiro atoms. The van der Waals surface area contributed by atoms with Crippen LogP contribution in [0.15, 0.2) is 42.7 Å². The summed E-state index contributed by atoms with van der Waals surface area (Å²) >= 11 is 0. The summed E-state index contributed by atoms with van der Waals surface area (Å²) in [6.07, 6.45) is 5.74. The molecule has 0 aliphatic carbocycles. The van der Waals surface area contributed by atoms with Crippen molar-refractivity contribution in [2.75, 3.05) is 6.54 Å². The molecule has 1 N–H and O–H groups in total. The molecule has 0 saturated carbocycles. The predicted molar refractivity (Wildman–Crippen MR) is 74.4 cm³/mol. The summed E-state index contributed by atoms with van der Waals surface area (Å²) in [5.41, 5.74) is 1.16. The van der Waals surface area contributed by atoms with E-state index < -0.39 is 0 Å². The summed E-state index contributed by atoms with van der Waals surface area (Å²) in [5, 5.41) is 7.64. The fraction of sp³-hybridized carbons (Fsp3) is 0.400. The Bertz CT molecular complexity index is 465. The van der Waals surface area contributed by atoms with E-state index in [-0.39, 0.29) is 5.82 Å². The van der Waals surface area contributed by atoms with Crippen LogP contribution in [0.4, 0.5) is 4.39 Å². The van der Waals surface area contributed by atoms with E-state index in [4.69, 9.17) is 0 Å². The molecular formula is C15H20FN3. The molecule has 3 nitrogen and oxygen atoms in total. The van der Waals surface area contributed by atoms with Crippen molar-refractivity contribution < 1.29 is 4.39 Å². The second kappa shape index (κ2) is 7.04. The lowest BCUT2D eigenvalue weighted by Gasteiger charge is -2.13. The van der Waals surface area contributed by atoms with Crippen LogP contribution in [0.3, 0.4) is 0 Å². The topological polar surface area (TPSA) is 29.9 Å². The zero-order chi connectivity index (χ0) is 13.5. The molecule has 2 aromatic rings. The minimum Gasteiger partial charge on any atom is -0.314 e. The molecule has 0 fully saturated rings. The molecule has 1 aromatic carbocycles. The van der Waals surface area contributed by atoms with Gasteiger partial charge in [0, 0.05) is 25.0 Å². The van der Waals surface area contributed by atoms with Crippen LogP contribution in [-0.2, 0) is 13.0 Å². The molecule has 102 valence electrons. The minimum absolute atomic E-state index is 0.177. The van der Waals surface area contributed by atoms with Crippen LogP contribution in [0.5, 0.6) is 0 Å². The van der Waals surface area contributed by atoms with Gasteiger partial charge in [0.1, 0.15) is 5.82 Å². The van der Waals surface area contributed by atoms with E-state index in [0.29, 0.717) is 6.04 Å². The molecule has 1 heterocycles. The first kappa shape index (κ1) is 13.7. The molecule has 19 heavy (non-hydrogen) atoms. The molecule has 0 aliphatic heterocycles. The number of aryl methyl sites for hydroxylation is 1. The van der Waals surface area contributed by atoms with Gasteiger partial charge in [-0.3, -0.25) is 4.68 Å². The Morgan fingerprint density at radius 3 is 2.79 bits per heavy atom. The first-order valence-electron chi connectivity index (χ1n) is 6.69. The zero-order valence-electron chi connectivity index (χ0n) is 11.2. The van der Waals surface area contributed by atoms with Crippen LogP contribution >= 0.6 is 0 Å². The van der Waals surface area contributed by atoms with Gasteiger partial charge in [-0.2, -0.15) is 5.10 Å². The number of hydrogen-bond donors (Lipinski definition) is 1. The highest BCUT2D eigenvalue weighted by Crippen LogP contribution is 2.05. The largest absolute Gasteiger partial charge is 0.314 e. The van der Waals surface area contributed by atoms with E-state index in [0.717, 1.165) is 31.5 Å². The van der Waals surface area contributed by atoms with Crippen molar-refractivity contribution in [3.63, 3.8) is 0 Å². The maximum Gasteiger partial charge on any atom is 0.123 e. The molecule has 1 aromatic heterocycles. The molecular weight excluding hydrogens is 241 g/mol. The van der Waals surface area contributed by atoms with Crippen LogP contribution in [0.2, 0.25) is 0 Å². The van der Waals surface area contributed by atoms with Crippen molar-refractivity contribution >= 4 is 0 Å². The summed E-state index contributed by atoms with van der Waals surface area (Å²) in [7, 11) is 0. The van der Waals surface area contributed by atoms with Crippen molar-refractivity contribution in [2.45, 2.75) is 32.4 Å². The number of aromatic nitrogens is 2. The average molecular weight is 261 g/mol. The van der Waals surface area contributed by atoms with Crippen molar-refractivity contribution in [3.8, 4) is 0 Å². The van der Waals surface area contributed by atoms with Gasteiger partial charge in [0.2, 0.25) is 0 Å². The highest BCUT2D eigenvalue weighted by atomic mass is 19.1. The molecule has 4 heteroatoms. The summed E-state index contributed by atoms with van der Waals surface area (Å²) in [6.45, 7) is 4.04. The first-order chi connectivity index (χ1) is 9.24. The summed E-state index contributed by atoms with van der Waals surface area (Å²) in [6, 6.07) is 9.04. The summed E-state index contributed by atoms with van der Waals surface area (Å²) < 4.78 is 14.7. The fourth-order valence-electron chi connectivity index (χ4n) is 2.07. The van der Waals surface area contributed by atoms with Crippen LogP contribution in [0.25, 0.3) is 0 Å². The van der Waals surface area contributed by atoms with E-state index in [1.165, 1.54) is 12.1 Å². The van der Waals surface area contributed by atoms with Gasteiger partial charge in [-0.15, -0.1) is 0 Å². The number of benzene rings is 1. The van der Waals surface area contributed by atoms with Gasteiger partial charge in [0.05, 0.1) is 0 Å². The van der Waals surface area contributed by atoms with E-state index >= 15 is 0 Å². The van der Waals surface area contributed by atoms with Gasteiger partial charge in [-0.25, -0.2) is 4.39 Å². The second-order valence-electron chi connectivity index (χ2n) is 4.81. The molecule has 1 atom stereocenters. The Balaban J connectivity index is 1.64. The molecule has 0 bridgehead atoms. The van der Waals surface area contributed by atoms with Crippen LogP contribution < -0.4 is 5.32 Å². The molecule has 0 radical (unpaired) electrons. The fourth-order valence-corrected chi connectivity index (χ4v) is 2.07. The lowest BCUT2D eigenvalue weighted by Crippen LogP contribution is -2.29. The predicted octanol–water partition coefficient (Wildman–Crippen LogP) is 2.63. The smallest absolute Gasteiger partial charge is 0.123 e. The van der Waals surface area contributed by atoms with Gasteiger partial charge < -0.3 is 5.32 Å². The third-order valence-corrected chi connectivity index (χ3v) is 3.07. The zero-order valence-corrected chi connectivity index (χ0v) is 11.2. The van der Waals surface area contributed by atoms with Crippen LogP contribution in [0, 0.1) is 5.82 Å². The molecule has 0 amide bonds. The van der Waals surface area contributed by atoms with E-state index in [2.05, 4.69) is 17.3 Å². The van der Waals surface area contributed by atoms with Gasteiger partial charge in [0.25, 0.3) is 0 Å². The third kappa shape index (κ3) is 4.83.